The lowest BCUT2D eigenvalue weighted by atomic mass is 9.94. The van der Waals surface area contributed by atoms with E-state index in [9.17, 15) is 9.59 Å². The van der Waals surface area contributed by atoms with E-state index in [1.807, 2.05) is 42.5 Å². The van der Waals surface area contributed by atoms with Crippen LogP contribution in [0.3, 0.4) is 0 Å². The first-order valence-corrected chi connectivity index (χ1v) is 7.35. The zero-order valence-electron chi connectivity index (χ0n) is 12.2. The zero-order chi connectivity index (χ0) is 15.1. The number of ketones is 1. The second-order valence-corrected chi connectivity index (χ2v) is 5.05. The molecule has 0 heterocycles. The van der Waals surface area contributed by atoms with Crippen molar-refractivity contribution < 1.29 is 14.3 Å². The Kier molecular flexibility index (Phi) is 5.50. The summed E-state index contributed by atoms with van der Waals surface area (Å²) >= 11 is 0. The van der Waals surface area contributed by atoms with Crippen LogP contribution in [-0.4, -0.2) is 18.4 Å². The van der Waals surface area contributed by atoms with Gasteiger partial charge in [0, 0.05) is 6.42 Å². The van der Waals surface area contributed by atoms with Crippen LogP contribution in [0.5, 0.6) is 0 Å². The fraction of sp³-hybridized carbons (Fsp3) is 0.333. The third kappa shape index (κ3) is 4.42. The molecule has 3 heteroatoms. The average molecular weight is 284 g/mol. The van der Waals surface area contributed by atoms with Crippen molar-refractivity contribution in [1.82, 2.24) is 0 Å². The summed E-state index contributed by atoms with van der Waals surface area (Å²) in [5.74, 6) is -0.498. The number of carbonyl (C=O) groups is 2. The molecule has 0 amide bonds. The van der Waals surface area contributed by atoms with Gasteiger partial charge in [0.2, 0.25) is 0 Å². The summed E-state index contributed by atoms with van der Waals surface area (Å²) in [7, 11) is 0. The Hall–Kier alpha value is -2.16. The quantitative estimate of drug-likeness (QED) is 0.794. The van der Waals surface area contributed by atoms with E-state index in [0.29, 0.717) is 19.4 Å². The molecule has 0 saturated heterocycles. The molecule has 1 aliphatic carbocycles. The van der Waals surface area contributed by atoms with Gasteiger partial charge in [0.15, 0.2) is 5.78 Å². The maximum Gasteiger partial charge on any atom is 0.313 e. The number of esters is 1. The molecule has 0 N–H and O–H groups in total. The lowest BCUT2D eigenvalue weighted by Crippen LogP contribution is -2.18. The van der Waals surface area contributed by atoms with E-state index in [4.69, 9.17) is 4.74 Å². The summed E-state index contributed by atoms with van der Waals surface area (Å²) < 4.78 is 5.13. The van der Waals surface area contributed by atoms with E-state index in [2.05, 4.69) is 0 Å². The minimum absolute atomic E-state index is 0.0783. The third-order valence-corrected chi connectivity index (χ3v) is 3.48. The molecule has 0 radical (unpaired) electrons. The molecule has 1 unspecified atom stereocenters. The van der Waals surface area contributed by atoms with Crippen LogP contribution in [0.15, 0.2) is 48.1 Å². The number of allylic oxidation sites excluding steroid dienone is 2. The molecule has 0 spiro atoms. The summed E-state index contributed by atoms with van der Waals surface area (Å²) in [5.41, 5.74) is 1.79. The lowest BCUT2D eigenvalue weighted by Gasteiger charge is -2.14. The predicted molar refractivity (Wildman–Crippen MR) is 82.5 cm³/mol. The molecular formula is C18H20O3. The van der Waals surface area contributed by atoms with E-state index in [1.54, 1.807) is 13.0 Å². The Bertz CT molecular complexity index is 555. The van der Waals surface area contributed by atoms with Gasteiger partial charge in [-0.25, -0.2) is 0 Å². The first-order valence-electron chi connectivity index (χ1n) is 7.35. The van der Waals surface area contributed by atoms with Crippen LogP contribution in [-0.2, 0) is 14.3 Å². The largest absolute Gasteiger partial charge is 0.466 e. The minimum Gasteiger partial charge on any atom is -0.466 e. The minimum atomic E-state index is -0.337. The average Bonchev–Trinajstić information content (AvgIpc) is 2.68. The Morgan fingerprint density at radius 2 is 2.05 bits per heavy atom. The molecule has 1 aromatic carbocycles. The van der Waals surface area contributed by atoms with Crippen molar-refractivity contribution in [3.63, 3.8) is 0 Å². The van der Waals surface area contributed by atoms with Gasteiger partial charge in [0.1, 0.15) is 0 Å². The highest BCUT2D eigenvalue weighted by Crippen LogP contribution is 2.25. The maximum atomic E-state index is 12.1. The molecule has 0 fully saturated rings. The number of carbonyl (C=O) groups excluding carboxylic acids is 2. The summed E-state index contributed by atoms with van der Waals surface area (Å²) in [6.45, 7) is 2.15. The monoisotopic (exact) mass is 284 g/mol. The van der Waals surface area contributed by atoms with Crippen LogP contribution in [0.25, 0.3) is 6.08 Å². The summed E-state index contributed by atoms with van der Waals surface area (Å²) in [5, 5.41) is 0. The van der Waals surface area contributed by atoms with E-state index < -0.39 is 0 Å². The molecule has 0 saturated carbocycles. The van der Waals surface area contributed by atoms with E-state index in [-0.39, 0.29) is 17.7 Å². The summed E-state index contributed by atoms with van der Waals surface area (Å²) in [6, 6.07) is 9.82. The van der Waals surface area contributed by atoms with Gasteiger partial charge in [0.05, 0.1) is 12.5 Å². The molecule has 3 nitrogen and oxygen atoms in total. The summed E-state index contributed by atoms with van der Waals surface area (Å²) in [4.78, 5) is 23.8. The number of hydrogen-bond acceptors (Lipinski definition) is 3. The number of benzene rings is 1. The predicted octanol–water partition coefficient (Wildman–Crippen LogP) is 3.56. The molecule has 1 aromatic rings. The molecular weight excluding hydrogens is 264 g/mol. The van der Waals surface area contributed by atoms with Crippen molar-refractivity contribution in [2.45, 2.75) is 26.2 Å². The van der Waals surface area contributed by atoms with E-state index in [0.717, 1.165) is 17.6 Å². The number of hydrogen-bond donors (Lipinski definition) is 0. The molecule has 21 heavy (non-hydrogen) atoms. The third-order valence-electron chi connectivity index (χ3n) is 3.48. The highest BCUT2D eigenvalue weighted by molar-refractivity contribution is 5.93. The maximum absolute atomic E-state index is 12.1. The van der Waals surface area contributed by atoms with Gasteiger partial charge in [-0.2, -0.15) is 0 Å². The highest BCUT2D eigenvalue weighted by Gasteiger charge is 2.25. The van der Waals surface area contributed by atoms with Crippen molar-refractivity contribution in [3.8, 4) is 0 Å². The molecule has 0 aliphatic heterocycles. The lowest BCUT2D eigenvalue weighted by molar-refractivity contribution is -0.146. The van der Waals surface area contributed by atoms with Crippen LogP contribution in [0.1, 0.15) is 31.7 Å². The van der Waals surface area contributed by atoms with Crippen molar-refractivity contribution >= 4 is 17.8 Å². The van der Waals surface area contributed by atoms with Crippen molar-refractivity contribution in [2.75, 3.05) is 6.61 Å². The van der Waals surface area contributed by atoms with Gasteiger partial charge in [0.25, 0.3) is 0 Å². The summed E-state index contributed by atoms with van der Waals surface area (Å²) in [6.07, 6.45) is 7.26. The Balaban J connectivity index is 2.23. The fourth-order valence-corrected chi connectivity index (χ4v) is 2.42. The van der Waals surface area contributed by atoms with E-state index in [1.165, 1.54) is 0 Å². The Morgan fingerprint density at radius 3 is 2.76 bits per heavy atom. The van der Waals surface area contributed by atoms with Gasteiger partial charge in [-0.3, -0.25) is 9.59 Å². The SMILES string of the molecule is CCOC(=O)C1CCCC(=O)C=C1/C=C/c1ccccc1. The molecule has 0 bridgehead atoms. The first kappa shape index (κ1) is 15.2. The van der Waals surface area contributed by atoms with Crippen LogP contribution in [0, 0.1) is 5.92 Å². The van der Waals surface area contributed by atoms with Crippen LogP contribution in [0.2, 0.25) is 0 Å². The standard InChI is InChI=1S/C18H20O3/c1-2-21-18(20)17-10-6-9-16(19)13-15(17)12-11-14-7-4-3-5-8-14/h3-5,7-8,11-13,17H,2,6,9-10H2,1H3/b12-11+. The normalized spacial score (nSPS) is 19.2. The second-order valence-electron chi connectivity index (χ2n) is 5.05. The number of ether oxygens (including phenoxy) is 1. The molecule has 1 atom stereocenters. The Morgan fingerprint density at radius 1 is 1.29 bits per heavy atom. The van der Waals surface area contributed by atoms with Gasteiger partial charge in [-0.05, 0) is 37.0 Å². The van der Waals surface area contributed by atoms with Crippen molar-refractivity contribution in [3.05, 3.63) is 53.6 Å². The van der Waals surface area contributed by atoms with Crippen LogP contribution in [0.4, 0.5) is 0 Å². The molecule has 1 aliphatic rings. The van der Waals surface area contributed by atoms with Gasteiger partial charge in [-0.1, -0.05) is 42.5 Å². The van der Waals surface area contributed by atoms with Crippen molar-refractivity contribution in [2.24, 2.45) is 5.92 Å². The number of rotatable bonds is 4. The molecule has 2 rings (SSSR count). The van der Waals surface area contributed by atoms with Gasteiger partial charge < -0.3 is 4.74 Å². The second kappa shape index (κ2) is 7.58. The van der Waals surface area contributed by atoms with Gasteiger partial charge >= 0.3 is 5.97 Å². The van der Waals surface area contributed by atoms with E-state index >= 15 is 0 Å². The Labute approximate surface area is 125 Å². The smallest absolute Gasteiger partial charge is 0.313 e. The molecule has 110 valence electrons. The first-order chi connectivity index (χ1) is 10.2. The fourth-order valence-electron chi connectivity index (χ4n) is 2.42. The zero-order valence-corrected chi connectivity index (χ0v) is 12.2. The topological polar surface area (TPSA) is 43.4 Å². The van der Waals surface area contributed by atoms with Crippen LogP contribution >= 0.6 is 0 Å². The van der Waals surface area contributed by atoms with Gasteiger partial charge in [-0.15, -0.1) is 0 Å². The van der Waals surface area contributed by atoms with Crippen LogP contribution < -0.4 is 0 Å². The molecule has 0 aromatic heterocycles. The van der Waals surface area contributed by atoms with Crippen molar-refractivity contribution in [1.29, 1.82) is 0 Å². The highest BCUT2D eigenvalue weighted by atomic mass is 16.5.